The molecule has 7 nitrogen and oxygen atoms in total. The Morgan fingerprint density at radius 3 is 2.55 bits per heavy atom. The lowest BCUT2D eigenvalue weighted by molar-refractivity contribution is -0.385. The first-order valence-corrected chi connectivity index (χ1v) is 4.98. The number of carbonyl (C=O) groups excluding carboxylic acids is 1. The first-order valence-electron chi connectivity index (χ1n) is 4.98. The van der Waals surface area contributed by atoms with Gasteiger partial charge in [0.05, 0.1) is 4.92 Å². The summed E-state index contributed by atoms with van der Waals surface area (Å²) in [7, 11) is 0. The number of nitrogens with zero attached hydrogens (tertiary/aromatic N) is 1. The quantitative estimate of drug-likeness (QED) is 0.371. The van der Waals surface area contributed by atoms with E-state index in [0.29, 0.717) is 6.08 Å². The molecule has 0 fully saturated rings. The van der Waals surface area contributed by atoms with E-state index in [0.717, 1.165) is 18.2 Å². The van der Waals surface area contributed by atoms with Crippen molar-refractivity contribution in [3.8, 4) is 5.75 Å². The van der Waals surface area contributed by atoms with Crippen LogP contribution in [0.5, 0.6) is 5.75 Å². The molecule has 1 aromatic carbocycles. The molecule has 0 saturated heterocycles. The maximum Gasteiger partial charge on any atom is 0.387 e. The third kappa shape index (κ3) is 3.83. The maximum atomic E-state index is 12.2. The molecule has 0 atom stereocenters. The molecule has 0 bridgehead atoms. The number of carboxylic acids is 1. The van der Waals surface area contributed by atoms with Crippen LogP contribution in [0.2, 0.25) is 0 Å². The molecule has 0 saturated carbocycles. The summed E-state index contributed by atoms with van der Waals surface area (Å²) in [6, 6.07) is 1.78. The molecule has 0 aliphatic rings. The summed E-state index contributed by atoms with van der Waals surface area (Å²) in [4.78, 5) is 30.9. The van der Waals surface area contributed by atoms with Gasteiger partial charge in [-0.2, -0.15) is 8.78 Å². The lowest BCUT2D eigenvalue weighted by Crippen LogP contribution is -2.06. The Hall–Kier alpha value is -2.84. The van der Waals surface area contributed by atoms with Crippen molar-refractivity contribution in [3.63, 3.8) is 0 Å². The summed E-state index contributed by atoms with van der Waals surface area (Å²) >= 11 is 0. The van der Waals surface area contributed by atoms with E-state index in [9.17, 15) is 28.5 Å². The fraction of sp³-hybridized carbons (Fsp3) is 0.0909. The van der Waals surface area contributed by atoms with Crippen LogP contribution in [0.1, 0.15) is 15.9 Å². The van der Waals surface area contributed by atoms with Gasteiger partial charge in [-0.25, -0.2) is 4.79 Å². The zero-order valence-electron chi connectivity index (χ0n) is 9.66. The molecule has 0 amide bonds. The van der Waals surface area contributed by atoms with Gasteiger partial charge in [-0.1, -0.05) is 0 Å². The molecule has 0 spiro atoms. The highest BCUT2D eigenvalue weighted by atomic mass is 19.3. The monoisotopic (exact) mass is 287 g/mol. The van der Waals surface area contributed by atoms with Crippen LogP contribution in [-0.4, -0.2) is 28.9 Å². The molecule has 106 valence electrons. The van der Waals surface area contributed by atoms with Crippen LogP contribution in [0, 0.1) is 10.1 Å². The fourth-order valence-electron chi connectivity index (χ4n) is 1.36. The van der Waals surface area contributed by atoms with E-state index in [1.807, 2.05) is 0 Å². The normalized spacial score (nSPS) is 10.8. The lowest BCUT2D eigenvalue weighted by atomic mass is 10.1. The number of carbonyl (C=O) groups is 2. The Balaban J connectivity index is 3.42. The first kappa shape index (κ1) is 15.2. The van der Waals surface area contributed by atoms with Crippen LogP contribution < -0.4 is 4.74 Å². The molecule has 0 heterocycles. The second-order valence-corrected chi connectivity index (χ2v) is 3.38. The highest BCUT2D eigenvalue weighted by Crippen LogP contribution is 2.30. The number of aliphatic carboxylic acids is 1. The van der Waals surface area contributed by atoms with Crippen LogP contribution in [0.3, 0.4) is 0 Å². The van der Waals surface area contributed by atoms with Crippen LogP contribution in [0.15, 0.2) is 18.2 Å². The predicted molar refractivity (Wildman–Crippen MR) is 61.8 cm³/mol. The van der Waals surface area contributed by atoms with Crippen LogP contribution in [-0.2, 0) is 4.79 Å². The third-order valence-corrected chi connectivity index (χ3v) is 2.09. The number of nitro benzene ring substituents is 1. The predicted octanol–water partition coefficient (Wildman–Crippen LogP) is 2.11. The molecule has 0 unspecified atom stereocenters. The zero-order chi connectivity index (χ0) is 15.3. The van der Waals surface area contributed by atoms with Gasteiger partial charge in [-0.05, 0) is 17.7 Å². The van der Waals surface area contributed by atoms with Gasteiger partial charge in [0.2, 0.25) is 0 Å². The maximum absolute atomic E-state index is 12.2. The number of hydrogen-bond acceptors (Lipinski definition) is 5. The minimum Gasteiger partial charge on any atom is -0.478 e. The average molecular weight is 287 g/mol. The van der Waals surface area contributed by atoms with E-state index < -0.39 is 34.5 Å². The summed E-state index contributed by atoms with van der Waals surface area (Å²) in [5, 5.41) is 19.2. The molecular formula is C11H7F2NO6. The second kappa shape index (κ2) is 6.36. The summed E-state index contributed by atoms with van der Waals surface area (Å²) in [6.07, 6.45) is 1.62. The highest BCUT2D eigenvalue weighted by Gasteiger charge is 2.21. The molecule has 9 heteroatoms. The number of nitro groups is 1. The van der Waals surface area contributed by atoms with E-state index in [4.69, 9.17) is 5.11 Å². The SMILES string of the molecule is O=Cc1c(OC(F)F)cc(/C=C/C(=O)O)cc1[N+](=O)[O-]. The van der Waals surface area contributed by atoms with Gasteiger partial charge in [0.1, 0.15) is 11.3 Å². The van der Waals surface area contributed by atoms with Gasteiger partial charge in [-0.15, -0.1) is 0 Å². The molecule has 0 radical (unpaired) electrons. The van der Waals surface area contributed by atoms with Gasteiger partial charge >= 0.3 is 12.6 Å². The number of carboxylic acid groups (broad SMARTS) is 1. The molecule has 20 heavy (non-hydrogen) atoms. The van der Waals surface area contributed by atoms with Crippen molar-refractivity contribution in [1.29, 1.82) is 0 Å². The number of aldehydes is 1. The van der Waals surface area contributed by atoms with Gasteiger partial charge < -0.3 is 9.84 Å². The van der Waals surface area contributed by atoms with Crippen LogP contribution in [0.25, 0.3) is 6.08 Å². The number of hydrogen-bond donors (Lipinski definition) is 1. The largest absolute Gasteiger partial charge is 0.478 e. The number of halogens is 2. The van der Waals surface area contributed by atoms with Crippen LogP contribution in [0.4, 0.5) is 14.5 Å². The van der Waals surface area contributed by atoms with Crippen molar-refractivity contribution >= 4 is 24.0 Å². The van der Waals surface area contributed by atoms with Crippen molar-refractivity contribution in [2.24, 2.45) is 0 Å². The van der Waals surface area contributed by atoms with Gasteiger partial charge in [-0.3, -0.25) is 14.9 Å². The van der Waals surface area contributed by atoms with E-state index in [2.05, 4.69) is 4.74 Å². The summed E-state index contributed by atoms with van der Waals surface area (Å²) < 4.78 is 28.4. The van der Waals surface area contributed by atoms with E-state index in [1.165, 1.54) is 0 Å². The molecule has 0 aromatic heterocycles. The highest BCUT2D eigenvalue weighted by molar-refractivity contribution is 5.89. The van der Waals surface area contributed by atoms with E-state index in [1.54, 1.807) is 0 Å². The number of benzene rings is 1. The van der Waals surface area contributed by atoms with E-state index >= 15 is 0 Å². The summed E-state index contributed by atoms with van der Waals surface area (Å²) in [6.45, 7) is -3.29. The minimum atomic E-state index is -3.29. The first-order chi connectivity index (χ1) is 9.35. The Morgan fingerprint density at radius 2 is 2.10 bits per heavy atom. The number of alkyl halides is 2. The molecule has 1 aromatic rings. The van der Waals surface area contributed by atoms with Gasteiger partial charge in [0, 0.05) is 12.1 Å². The van der Waals surface area contributed by atoms with Crippen molar-refractivity contribution in [1.82, 2.24) is 0 Å². The van der Waals surface area contributed by atoms with E-state index in [-0.39, 0.29) is 11.8 Å². The third-order valence-electron chi connectivity index (χ3n) is 2.09. The van der Waals surface area contributed by atoms with Gasteiger partial charge in [0.25, 0.3) is 5.69 Å². The molecule has 1 rings (SSSR count). The standard InChI is InChI=1S/C11H7F2NO6/c12-11(13)20-9-4-6(1-2-10(16)17)3-8(14(18)19)7(9)5-15/h1-5,11H,(H,16,17)/b2-1+. The Morgan fingerprint density at radius 1 is 1.45 bits per heavy atom. The average Bonchev–Trinajstić information content (AvgIpc) is 2.34. The fourth-order valence-corrected chi connectivity index (χ4v) is 1.36. The van der Waals surface area contributed by atoms with Crippen LogP contribution >= 0.6 is 0 Å². The lowest BCUT2D eigenvalue weighted by Gasteiger charge is -2.08. The molecule has 0 aliphatic carbocycles. The summed E-state index contributed by atoms with van der Waals surface area (Å²) in [5.41, 5.74) is -1.48. The summed E-state index contributed by atoms with van der Waals surface area (Å²) in [5.74, 6) is -2.03. The Bertz CT molecular complexity index is 585. The molecule has 1 N–H and O–H groups in total. The number of rotatable bonds is 6. The van der Waals surface area contributed by atoms with Gasteiger partial charge in [0.15, 0.2) is 6.29 Å². The van der Waals surface area contributed by atoms with Crippen molar-refractivity contribution in [3.05, 3.63) is 39.4 Å². The minimum absolute atomic E-state index is 0.0144. The Labute approximate surface area is 110 Å². The molecular weight excluding hydrogens is 280 g/mol. The molecule has 0 aliphatic heterocycles. The smallest absolute Gasteiger partial charge is 0.387 e. The second-order valence-electron chi connectivity index (χ2n) is 3.38. The topological polar surface area (TPSA) is 107 Å². The van der Waals surface area contributed by atoms with Crippen molar-refractivity contribution in [2.75, 3.05) is 0 Å². The Kier molecular flexibility index (Phi) is 4.84. The number of ether oxygens (including phenoxy) is 1. The zero-order valence-corrected chi connectivity index (χ0v) is 9.66. The van der Waals surface area contributed by atoms with Crippen molar-refractivity contribution in [2.45, 2.75) is 6.61 Å². The van der Waals surface area contributed by atoms with Crippen molar-refractivity contribution < 1.29 is 33.1 Å².